The fourth-order valence-electron chi connectivity index (χ4n) is 1.05. The second-order valence-electron chi connectivity index (χ2n) is 4.43. The van der Waals surface area contributed by atoms with Crippen LogP contribution in [0.4, 0.5) is 0 Å². The van der Waals surface area contributed by atoms with Crippen LogP contribution in [0.2, 0.25) is 0 Å². The number of aliphatic hydroxyl groups excluding tert-OH is 1. The molecule has 94 valence electrons. The number of hydrogen-bond acceptors (Lipinski definition) is 3. The summed E-state index contributed by atoms with van der Waals surface area (Å²) in [4.78, 5) is 0. The molecule has 1 N–H and O–H groups in total. The van der Waals surface area contributed by atoms with Gasteiger partial charge in [0, 0.05) is 12.5 Å². The zero-order valence-corrected chi connectivity index (χ0v) is 10.7. The molecule has 0 amide bonds. The van der Waals surface area contributed by atoms with Crippen LogP contribution in [0.3, 0.4) is 0 Å². The summed E-state index contributed by atoms with van der Waals surface area (Å²) in [5, 5.41) is 9.64. The van der Waals surface area contributed by atoms with Gasteiger partial charge in [-0.15, -0.1) is 0 Å². The first-order valence-electron chi connectivity index (χ1n) is 5.59. The lowest BCUT2D eigenvalue weighted by atomic mass is 10.1. The van der Waals surface area contributed by atoms with Crippen LogP contribution in [-0.2, 0) is 9.47 Å². The van der Waals surface area contributed by atoms with Crippen molar-refractivity contribution in [3.05, 3.63) is 24.3 Å². The molecule has 0 saturated heterocycles. The van der Waals surface area contributed by atoms with Gasteiger partial charge in [0.25, 0.3) is 0 Å². The van der Waals surface area contributed by atoms with Crippen molar-refractivity contribution in [1.82, 2.24) is 0 Å². The van der Waals surface area contributed by atoms with Gasteiger partial charge in [0.1, 0.15) is 0 Å². The van der Waals surface area contributed by atoms with Crippen molar-refractivity contribution < 1.29 is 14.6 Å². The van der Waals surface area contributed by atoms with Gasteiger partial charge in [0.15, 0.2) is 6.29 Å². The molecule has 3 nitrogen and oxygen atoms in total. The van der Waals surface area contributed by atoms with Gasteiger partial charge >= 0.3 is 0 Å². The molecule has 0 aliphatic rings. The Morgan fingerprint density at radius 2 is 1.75 bits per heavy atom. The van der Waals surface area contributed by atoms with Crippen LogP contribution in [-0.4, -0.2) is 31.2 Å². The average Bonchev–Trinajstić information content (AvgIpc) is 2.20. The number of hydrogen-bond donors (Lipinski definition) is 1. The quantitative estimate of drug-likeness (QED) is 0.374. The molecule has 0 saturated carbocycles. The highest BCUT2D eigenvalue weighted by atomic mass is 16.6. The number of rotatable bonds is 9. The number of ether oxygens (including phenoxy) is 2. The smallest absolute Gasteiger partial charge is 0.157 e. The Morgan fingerprint density at radius 1 is 1.19 bits per heavy atom. The predicted molar refractivity (Wildman–Crippen MR) is 66.2 cm³/mol. The Labute approximate surface area is 98.8 Å². The summed E-state index contributed by atoms with van der Waals surface area (Å²) in [5.41, 5.74) is 1.91. The van der Waals surface area contributed by atoms with Crippen molar-refractivity contribution in [1.29, 1.82) is 0 Å². The topological polar surface area (TPSA) is 38.7 Å². The Balaban J connectivity index is 3.58. The van der Waals surface area contributed by atoms with Gasteiger partial charge in [-0.1, -0.05) is 31.2 Å². The predicted octanol–water partition coefficient (Wildman–Crippen LogP) is 2.52. The first-order chi connectivity index (χ1) is 7.43. The fraction of sp³-hybridized carbons (Fsp3) is 0.692. The highest BCUT2D eigenvalue weighted by Crippen LogP contribution is 2.10. The Morgan fingerprint density at radius 3 is 2.25 bits per heavy atom. The molecular weight excluding hydrogens is 204 g/mol. The van der Waals surface area contributed by atoms with Crippen molar-refractivity contribution in [3.8, 4) is 0 Å². The Bertz CT molecular complexity index is 223. The molecule has 16 heavy (non-hydrogen) atoms. The van der Waals surface area contributed by atoms with E-state index in [1.165, 1.54) is 0 Å². The molecule has 0 bridgehead atoms. The van der Waals surface area contributed by atoms with E-state index in [-0.39, 0.29) is 5.92 Å². The summed E-state index contributed by atoms with van der Waals surface area (Å²) in [7, 11) is 0. The molecule has 0 aliphatic heterocycles. The lowest BCUT2D eigenvalue weighted by molar-refractivity contribution is -0.127. The Hall–Kier alpha value is -0.640. The maximum absolute atomic E-state index is 9.64. The molecule has 0 rings (SSSR count). The van der Waals surface area contributed by atoms with Crippen LogP contribution in [0.5, 0.6) is 0 Å². The van der Waals surface area contributed by atoms with Crippen molar-refractivity contribution >= 4 is 0 Å². The van der Waals surface area contributed by atoms with Crippen molar-refractivity contribution in [2.75, 3.05) is 19.8 Å². The zero-order valence-electron chi connectivity index (χ0n) is 10.7. The highest BCUT2D eigenvalue weighted by molar-refractivity contribution is 4.88. The van der Waals surface area contributed by atoms with E-state index in [0.29, 0.717) is 19.8 Å². The normalized spacial score (nSPS) is 14.5. The lowest BCUT2D eigenvalue weighted by Crippen LogP contribution is -2.23. The van der Waals surface area contributed by atoms with E-state index in [0.717, 1.165) is 17.6 Å². The summed E-state index contributed by atoms with van der Waals surface area (Å²) in [5.74, 6) is 0.0597. The molecule has 0 aromatic heterocycles. The van der Waals surface area contributed by atoms with E-state index in [4.69, 9.17) is 9.47 Å². The molecule has 3 heteroatoms. The minimum absolute atomic E-state index is 0.0597. The molecule has 0 fully saturated rings. The third kappa shape index (κ3) is 8.65. The highest BCUT2D eigenvalue weighted by Gasteiger charge is 2.14. The summed E-state index contributed by atoms with van der Waals surface area (Å²) < 4.78 is 10.6. The van der Waals surface area contributed by atoms with Gasteiger partial charge in [-0.25, -0.2) is 0 Å². The third-order valence-corrected chi connectivity index (χ3v) is 2.05. The van der Waals surface area contributed by atoms with Gasteiger partial charge in [-0.2, -0.15) is 0 Å². The van der Waals surface area contributed by atoms with Crippen LogP contribution < -0.4 is 0 Å². The summed E-state index contributed by atoms with van der Waals surface area (Å²) in [6, 6.07) is 0. The molecule has 0 aliphatic carbocycles. The van der Waals surface area contributed by atoms with Gasteiger partial charge in [-0.3, -0.25) is 0 Å². The van der Waals surface area contributed by atoms with Crippen LogP contribution in [0.15, 0.2) is 24.3 Å². The maximum Gasteiger partial charge on any atom is 0.157 e. The minimum Gasteiger partial charge on any atom is -0.377 e. The number of aliphatic hydroxyl groups is 1. The van der Waals surface area contributed by atoms with Crippen molar-refractivity contribution in [2.45, 2.75) is 33.5 Å². The van der Waals surface area contributed by atoms with Crippen LogP contribution >= 0.6 is 0 Å². The van der Waals surface area contributed by atoms with Crippen LogP contribution in [0.1, 0.15) is 27.2 Å². The minimum atomic E-state index is -0.745. The molecule has 0 radical (unpaired) electrons. The standard InChI is InChI=1S/C13H24O3/c1-10(2)8-15-7-6-12(5)13(14)16-9-11(3)4/h12-14H,1,3,6-9H2,2,4-5H3. The fourth-order valence-corrected chi connectivity index (χ4v) is 1.05. The average molecular weight is 228 g/mol. The summed E-state index contributed by atoms with van der Waals surface area (Å²) in [6.45, 7) is 14.8. The summed E-state index contributed by atoms with van der Waals surface area (Å²) in [6.07, 6.45) is 0.0232. The maximum atomic E-state index is 9.64. The van der Waals surface area contributed by atoms with E-state index in [1.54, 1.807) is 0 Å². The largest absolute Gasteiger partial charge is 0.377 e. The van der Waals surface area contributed by atoms with Crippen molar-refractivity contribution in [2.24, 2.45) is 5.92 Å². The van der Waals surface area contributed by atoms with Crippen LogP contribution in [0, 0.1) is 5.92 Å². The molecule has 2 atom stereocenters. The molecule has 2 unspecified atom stereocenters. The molecule has 0 spiro atoms. The van der Waals surface area contributed by atoms with Gasteiger partial charge in [0.2, 0.25) is 0 Å². The first kappa shape index (κ1) is 15.4. The van der Waals surface area contributed by atoms with E-state index in [9.17, 15) is 5.11 Å². The monoisotopic (exact) mass is 228 g/mol. The molecular formula is C13H24O3. The van der Waals surface area contributed by atoms with E-state index in [2.05, 4.69) is 13.2 Å². The van der Waals surface area contributed by atoms with Gasteiger partial charge < -0.3 is 14.6 Å². The van der Waals surface area contributed by atoms with Gasteiger partial charge in [-0.05, 0) is 20.3 Å². The SMILES string of the molecule is C=C(C)COCCC(C)C(O)OCC(=C)C. The lowest BCUT2D eigenvalue weighted by Gasteiger charge is -2.19. The second kappa shape index (κ2) is 8.50. The zero-order chi connectivity index (χ0) is 12.6. The third-order valence-electron chi connectivity index (χ3n) is 2.05. The second-order valence-corrected chi connectivity index (χ2v) is 4.43. The first-order valence-corrected chi connectivity index (χ1v) is 5.59. The van der Waals surface area contributed by atoms with E-state index in [1.807, 2.05) is 20.8 Å². The van der Waals surface area contributed by atoms with Crippen LogP contribution in [0.25, 0.3) is 0 Å². The molecule has 0 aromatic rings. The van der Waals surface area contributed by atoms with Crippen molar-refractivity contribution in [3.63, 3.8) is 0 Å². The van der Waals surface area contributed by atoms with E-state index >= 15 is 0 Å². The van der Waals surface area contributed by atoms with Gasteiger partial charge in [0.05, 0.1) is 13.2 Å². The molecule has 0 heterocycles. The van der Waals surface area contributed by atoms with E-state index < -0.39 is 6.29 Å². The summed E-state index contributed by atoms with van der Waals surface area (Å²) >= 11 is 0. The Kier molecular flexibility index (Phi) is 8.16. The molecule has 0 aromatic carbocycles.